The number of hydroxylamine groups is 1. The number of ether oxygens (including phenoxy) is 1. The first-order valence-corrected chi connectivity index (χ1v) is 5.40. The summed E-state index contributed by atoms with van der Waals surface area (Å²) in [7, 11) is 1.67. The summed E-state index contributed by atoms with van der Waals surface area (Å²) >= 11 is 0. The highest BCUT2D eigenvalue weighted by Gasteiger charge is 2.13. The summed E-state index contributed by atoms with van der Waals surface area (Å²) in [6.07, 6.45) is 4.84. The Labute approximate surface area is 90.0 Å². The van der Waals surface area contributed by atoms with E-state index in [0.717, 1.165) is 24.2 Å². The summed E-state index contributed by atoms with van der Waals surface area (Å²) in [6, 6.07) is 4.26. The third-order valence-electron chi connectivity index (χ3n) is 3.01. The van der Waals surface area contributed by atoms with Crippen LogP contribution < -0.4 is 10.2 Å². The molecule has 3 nitrogen and oxygen atoms in total. The van der Waals surface area contributed by atoms with Crippen molar-refractivity contribution in [3.63, 3.8) is 0 Å². The van der Waals surface area contributed by atoms with Crippen LogP contribution in [0.4, 0.5) is 0 Å². The predicted molar refractivity (Wildman–Crippen MR) is 58.3 cm³/mol. The van der Waals surface area contributed by atoms with Crippen LogP contribution in [-0.4, -0.2) is 12.3 Å². The van der Waals surface area contributed by atoms with Gasteiger partial charge in [0.1, 0.15) is 5.75 Å². The quantitative estimate of drug-likeness (QED) is 0.745. The maximum Gasteiger partial charge on any atom is 0.123 e. The zero-order chi connectivity index (χ0) is 10.7. The van der Waals surface area contributed by atoms with E-state index in [9.17, 15) is 0 Å². The maximum absolute atomic E-state index is 8.74. The van der Waals surface area contributed by atoms with Crippen LogP contribution >= 0.6 is 0 Å². The average molecular weight is 207 g/mol. The lowest BCUT2D eigenvalue weighted by Crippen LogP contribution is -2.10. The minimum Gasteiger partial charge on any atom is -0.496 e. The normalized spacial score (nSPS) is 14.8. The lowest BCUT2D eigenvalue weighted by molar-refractivity contribution is 0.160. The largest absolute Gasteiger partial charge is 0.496 e. The molecule has 0 saturated carbocycles. The minimum atomic E-state index is 0.441. The van der Waals surface area contributed by atoms with Gasteiger partial charge < -0.3 is 9.94 Å². The SMILES string of the molecule is COc1cc2c(cc1CNO)CCCC2. The summed E-state index contributed by atoms with van der Waals surface area (Å²) in [5, 5.41) is 8.74. The van der Waals surface area contributed by atoms with Crippen molar-refractivity contribution in [1.29, 1.82) is 0 Å². The first kappa shape index (κ1) is 10.5. The van der Waals surface area contributed by atoms with Crippen molar-refractivity contribution in [1.82, 2.24) is 5.48 Å². The number of methoxy groups -OCH3 is 1. The molecule has 0 aliphatic heterocycles. The Kier molecular flexibility index (Phi) is 3.23. The van der Waals surface area contributed by atoms with Crippen LogP contribution in [0.2, 0.25) is 0 Å². The maximum atomic E-state index is 8.74. The van der Waals surface area contributed by atoms with Crippen LogP contribution in [0.3, 0.4) is 0 Å². The van der Waals surface area contributed by atoms with Crippen molar-refractivity contribution in [2.75, 3.05) is 7.11 Å². The molecule has 0 radical (unpaired) electrons. The van der Waals surface area contributed by atoms with Crippen molar-refractivity contribution in [2.24, 2.45) is 0 Å². The zero-order valence-electron chi connectivity index (χ0n) is 9.05. The Balaban J connectivity index is 2.37. The molecule has 1 aliphatic carbocycles. The van der Waals surface area contributed by atoms with Gasteiger partial charge in [-0.2, -0.15) is 0 Å². The standard InChI is InChI=1S/C12H17NO2/c1-15-12-7-10-5-3-2-4-9(10)6-11(12)8-13-14/h6-7,13-14H,2-5,8H2,1H3. The lowest BCUT2D eigenvalue weighted by atomic mass is 9.90. The fourth-order valence-corrected chi connectivity index (χ4v) is 2.23. The van der Waals surface area contributed by atoms with Crippen molar-refractivity contribution in [3.05, 3.63) is 28.8 Å². The summed E-state index contributed by atoms with van der Waals surface area (Å²) in [5.74, 6) is 0.872. The molecule has 0 atom stereocenters. The van der Waals surface area contributed by atoms with Gasteiger partial charge in [0.15, 0.2) is 0 Å². The van der Waals surface area contributed by atoms with E-state index in [1.165, 1.54) is 24.0 Å². The van der Waals surface area contributed by atoms with Crippen molar-refractivity contribution in [3.8, 4) is 5.75 Å². The molecular formula is C12H17NO2. The van der Waals surface area contributed by atoms with Crippen LogP contribution in [0, 0.1) is 0 Å². The molecule has 1 aromatic carbocycles. The summed E-state index contributed by atoms with van der Waals surface area (Å²) < 4.78 is 5.31. The predicted octanol–water partition coefficient (Wildman–Crippen LogP) is 2.05. The van der Waals surface area contributed by atoms with Gasteiger partial charge in [0.05, 0.1) is 7.11 Å². The molecule has 0 heterocycles. The molecule has 2 rings (SSSR count). The molecule has 0 bridgehead atoms. The third-order valence-corrected chi connectivity index (χ3v) is 3.01. The van der Waals surface area contributed by atoms with Gasteiger partial charge in [-0.25, -0.2) is 5.48 Å². The number of aryl methyl sites for hydroxylation is 2. The van der Waals surface area contributed by atoms with Gasteiger partial charge in [-0.05, 0) is 42.9 Å². The van der Waals surface area contributed by atoms with Crippen LogP contribution in [-0.2, 0) is 19.4 Å². The average Bonchev–Trinajstić information content (AvgIpc) is 2.28. The van der Waals surface area contributed by atoms with E-state index in [1.807, 2.05) is 0 Å². The molecule has 0 saturated heterocycles. The van der Waals surface area contributed by atoms with Crippen molar-refractivity contribution < 1.29 is 9.94 Å². The Morgan fingerprint density at radius 3 is 2.53 bits per heavy atom. The summed E-state index contributed by atoms with van der Waals surface area (Å²) in [4.78, 5) is 0. The topological polar surface area (TPSA) is 41.5 Å². The second-order valence-electron chi connectivity index (χ2n) is 3.97. The first-order chi connectivity index (χ1) is 7.35. The van der Waals surface area contributed by atoms with E-state index < -0.39 is 0 Å². The Hall–Kier alpha value is -1.06. The number of benzene rings is 1. The zero-order valence-corrected chi connectivity index (χ0v) is 9.05. The van der Waals surface area contributed by atoms with Crippen molar-refractivity contribution in [2.45, 2.75) is 32.2 Å². The molecule has 1 aliphatic rings. The van der Waals surface area contributed by atoms with Crippen LogP contribution in [0.25, 0.3) is 0 Å². The molecule has 3 heteroatoms. The van der Waals surface area contributed by atoms with Gasteiger partial charge >= 0.3 is 0 Å². The number of fused-ring (bicyclic) bond motifs is 1. The second kappa shape index (κ2) is 4.64. The smallest absolute Gasteiger partial charge is 0.123 e. The Bertz CT molecular complexity index is 350. The van der Waals surface area contributed by atoms with Gasteiger partial charge in [0.25, 0.3) is 0 Å². The van der Waals surface area contributed by atoms with E-state index in [4.69, 9.17) is 9.94 Å². The molecule has 82 valence electrons. The third kappa shape index (κ3) is 2.13. The van der Waals surface area contributed by atoms with Gasteiger partial charge in [-0.1, -0.05) is 6.07 Å². The van der Waals surface area contributed by atoms with Gasteiger partial charge in [0.2, 0.25) is 0 Å². The highest BCUT2D eigenvalue weighted by Crippen LogP contribution is 2.28. The van der Waals surface area contributed by atoms with E-state index in [-0.39, 0.29) is 0 Å². The molecule has 15 heavy (non-hydrogen) atoms. The molecule has 2 N–H and O–H groups in total. The molecule has 0 fully saturated rings. The number of nitrogens with one attached hydrogen (secondary N) is 1. The fraction of sp³-hybridized carbons (Fsp3) is 0.500. The molecule has 0 amide bonds. The number of rotatable bonds is 3. The number of hydrogen-bond acceptors (Lipinski definition) is 3. The van der Waals surface area contributed by atoms with Gasteiger partial charge in [0, 0.05) is 12.1 Å². The fourth-order valence-electron chi connectivity index (χ4n) is 2.23. The van der Waals surface area contributed by atoms with E-state index >= 15 is 0 Å². The molecule has 0 unspecified atom stereocenters. The van der Waals surface area contributed by atoms with E-state index in [1.54, 1.807) is 7.11 Å². The van der Waals surface area contributed by atoms with E-state index in [2.05, 4.69) is 17.6 Å². The van der Waals surface area contributed by atoms with Crippen molar-refractivity contribution >= 4 is 0 Å². The molecule has 1 aromatic rings. The van der Waals surface area contributed by atoms with Crippen LogP contribution in [0.15, 0.2) is 12.1 Å². The molecule has 0 spiro atoms. The minimum absolute atomic E-state index is 0.441. The monoisotopic (exact) mass is 207 g/mol. The van der Waals surface area contributed by atoms with Crippen LogP contribution in [0.5, 0.6) is 5.75 Å². The number of hydrogen-bond donors (Lipinski definition) is 2. The van der Waals surface area contributed by atoms with Gasteiger partial charge in [-0.15, -0.1) is 0 Å². The molecule has 0 aromatic heterocycles. The first-order valence-electron chi connectivity index (χ1n) is 5.40. The second-order valence-corrected chi connectivity index (χ2v) is 3.97. The summed E-state index contributed by atoms with van der Waals surface area (Å²) in [6.45, 7) is 0.441. The summed E-state index contributed by atoms with van der Waals surface area (Å²) in [5.41, 5.74) is 6.03. The molecular weight excluding hydrogens is 190 g/mol. The van der Waals surface area contributed by atoms with E-state index in [0.29, 0.717) is 6.54 Å². The van der Waals surface area contributed by atoms with Gasteiger partial charge in [-0.3, -0.25) is 0 Å². The Morgan fingerprint density at radius 2 is 1.93 bits per heavy atom. The highest BCUT2D eigenvalue weighted by molar-refractivity contribution is 5.43. The van der Waals surface area contributed by atoms with Crippen LogP contribution in [0.1, 0.15) is 29.5 Å². The highest BCUT2D eigenvalue weighted by atomic mass is 16.5. The lowest BCUT2D eigenvalue weighted by Gasteiger charge is -2.19. The Morgan fingerprint density at radius 1 is 1.27 bits per heavy atom.